The first-order valence-corrected chi connectivity index (χ1v) is 10.8. The minimum absolute atomic E-state index is 0.552. The van der Waals surface area contributed by atoms with Gasteiger partial charge in [0.1, 0.15) is 6.61 Å². The zero-order valence-corrected chi connectivity index (χ0v) is 16.6. The van der Waals surface area contributed by atoms with E-state index in [2.05, 4.69) is 11.7 Å². The number of unbranched alkanes of at least 4 members (excludes halogenated alkanes) is 16. The summed E-state index contributed by atoms with van der Waals surface area (Å²) in [6, 6.07) is 0. The zero-order valence-electron chi connectivity index (χ0n) is 16.6. The van der Waals surface area contributed by atoms with E-state index >= 15 is 0 Å². The molecule has 0 aliphatic rings. The summed E-state index contributed by atoms with van der Waals surface area (Å²) in [5.41, 5.74) is 0. The Hall–Kier alpha value is -0.830. The van der Waals surface area contributed by atoms with Crippen LogP contribution in [0.4, 0.5) is 0 Å². The van der Waals surface area contributed by atoms with Crippen molar-refractivity contribution < 1.29 is 14.6 Å². The van der Waals surface area contributed by atoms with Crippen LogP contribution < -0.4 is 0 Å². The quantitative estimate of drug-likeness (QED) is 0.160. The zero-order chi connectivity index (χ0) is 18.4. The molecule has 0 radical (unpaired) electrons. The van der Waals surface area contributed by atoms with Gasteiger partial charge in [-0.1, -0.05) is 103 Å². The van der Waals surface area contributed by atoms with Crippen molar-refractivity contribution in [3.05, 3.63) is 12.3 Å². The highest BCUT2D eigenvalue weighted by Crippen LogP contribution is 2.14. The number of allylic oxidation sites excluding steroid dienone is 1. The fraction of sp³-hybridized carbons (Fsp3) is 0.864. The number of hydrogen-bond acceptors (Lipinski definition) is 3. The minimum atomic E-state index is -0.594. The maximum absolute atomic E-state index is 10.7. The molecule has 0 saturated carbocycles. The third-order valence-electron chi connectivity index (χ3n) is 4.65. The van der Waals surface area contributed by atoms with Gasteiger partial charge in [-0.3, -0.25) is 0 Å². The predicted molar refractivity (Wildman–Crippen MR) is 106 cm³/mol. The van der Waals surface area contributed by atoms with Crippen molar-refractivity contribution in [3.8, 4) is 0 Å². The standard InChI is InChI=1S/C22H42O3/c1-2-3-4-5-6-7-8-9-10-11-12-13-14-15-16-17-18-19-20-25-22(24)21-23/h19-20,23H,2-18,21H2,1H3. The summed E-state index contributed by atoms with van der Waals surface area (Å²) in [6.07, 6.45) is 26.2. The van der Waals surface area contributed by atoms with Gasteiger partial charge in [-0.2, -0.15) is 0 Å². The van der Waals surface area contributed by atoms with Gasteiger partial charge in [-0.05, 0) is 18.9 Å². The molecule has 0 aromatic heterocycles. The van der Waals surface area contributed by atoms with Gasteiger partial charge in [-0.25, -0.2) is 4.79 Å². The van der Waals surface area contributed by atoms with Crippen LogP contribution in [0, 0.1) is 0 Å². The van der Waals surface area contributed by atoms with Crippen molar-refractivity contribution in [3.63, 3.8) is 0 Å². The molecule has 0 aliphatic heterocycles. The Morgan fingerprint density at radius 3 is 1.52 bits per heavy atom. The van der Waals surface area contributed by atoms with E-state index in [1.165, 1.54) is 103 Å². The lowest BCUT2D eigenvalue weighted by molar-refractivity contribution is -0.141. The molecule has 0 saturated heterocycles. The number of hydrogen-bond donors (Lipinski definition) is 1. The summed E-state index contributed by atoms with van der Waals surface area (Å²) in [6.45, 7) is 1.73. The minimum Gasteiger partial charge on any atom is -0.433 e. The Labute approximate surface area is 156 Å². The van der Waals surface area contributed by atoms with Gasteiger partial charge >= 0.3 is 5.97 Å². The van der Waals surface area contributed by atoms with Gasteiger partial charge in [0.15, 0.2) is 0 Å². The first kappa shape index (κ1) is 24.2. The second kappa shape index (κ2) is 21.2. The average molecular weight is 355 g/mol. The molecular formula is C22H42O3. The van der Waals surface area contributed by atoms with E-state index in [4.69, 9.17) is 5.11 Å². The van der Waals surface area contributed by atoms with Gasteiger partial charge < -0.3 is 9.84 Å². The van der Waals surface area contributed by atoms with Gasteiger partial charge in [0.05, 0.1) is 6.26 Å². The molecule has 0 aromatic carbocycles. The van der Waals surface area contributed by atoms with Crippen LogP contribution >= 0.6 is 0 Å². The molecule has 0 atom stereocenters. The molecule has 0 aromatic rings. The molecule has 0 aliphatic carbocycles. The van der Waals surface area contributed by atoms with Gasteiger partial charge in [0.2, 0.25) is 0 Å². The van der Waals surface area contributed by atoms with Crippen LogP contribution in [-0.2, 0) is 9.53 Å². The Morgan fingerprint density at radius 1 is 0.720 bits per heavy atom. The Bertz CT molecular complexity index is 300. The summed E-state index contributed by atoms with van der Waals surface area (Å²) in [5, 5.41) is 8.48. The normalized spacial score (nSPS) is 11.3. The number of ether oxygens (including phenoxy) is 1. The van der Waals surface area contributed by atoms with Crippen LogP contribution in [0.5, 0.6) is 0 Å². The Kier molecular flexibility index (Phi) is 20.5. The first-order chi connectivity index (χ1) is 12.3. The fourth-order valence-electron chi connectivity index (χ4n) is 3.04. The smallest absolute Gasteiger partial charge is 0.336 e. The highest BCUT2D eigenvalue weighted by atomic mass is 16.5. The van der Waals surface area contributed by atoms with Crippen molar-refractivity contribution in [1.82, 2.24) is 0 Å². The lowest BCUT2D eigenvalue weighted by atomic mass is 10.0. The highest BCUT2D eigenvalue weighted by Gasteiger charge is 1.95. The SMILES string of the molecule is CCCCCCCCCCCCCCCCCCC=COC(=O)CO. The topological polar surface area (TPSA) is 46.5 Å². The van der Waals surface area contributed by atoms with Crippen LogP contribution in [0.3, 0.4) is 0 Å². The predicted octanol–water partition coefficient (Wildman–Crippen LogP) is 6.69. The molecule has 0 bridgehead atoms. The van der Waals surface area contributed by atoms with E-state index in [9.17, 15) is 4.79 Å². The molecule has 1 N–H and O–H groups in total. The molecule has 0 fully saturated rings. The Balaban J connectivity index is 3.06. The third kappa shape index (κ3) is 21.1. The number of carbonyl (C=O) groups is 1. The number of aliphatic hydroxyl groups is 1. The van der Waals surface area contributed by atoms with Crippen LogP contribution in [0.25, 0.3) is 0 Å². The van der Waals surface area contributed by atoms with Crippen LogP contribution in [-0.4, -0.2) is 17.7 Å². The molecular weight excluding hydrogens is 312 g/mol. The van der Waals surface area contributed by atoms with Gasteiger partial charge in [-0.15, -0.1) is 0 Å². The van der Waals surface area contributed by atoms with Crippen LogP contribution in [0.15, 0.2) is 12.3 Å². The highest BCUT2D eigenvalue weighted by molar-refractivity contribution is 5.70. The van der Waals surface area contributed by atoms with Crippen molar-refractivity contribution in [2.24, 2.45) is 0 Å². The summed E-state index contributed by atoms with van der Waals surface area (Å²) in [5.74, 6) is -0.594. The maximum atomic E-state index is 10.7. The second-order valence-electron chi connectivity index (χ2n) is 7.11. The van der Waals surface area contributed by atoms with Crippen LogP contribution in [0.1, 0.15) is 116 Å². The van der Waals surface area contributed by atoms with Crippen LogP contribution in [0.2, 0.25) is 0 Å². The van der Waals surface area contributed by atoms with Crippen molar-refractivity contribution in [1.29, 1.82) is 0 Å². The number of esters is 1. The lowest BCUT2D eigenvalue weighted by Gasteiger charge is -2.03. The van der Waals surface area contributed by atoms with E-state index in [1.54, 1.807) is 0 Å². The first-order valence-electron chi connectivity index (χ1n) is 10.8. The van der Waals surface area contributed by atoms with Crippen molar-refractivity contribution >= 4 is 5.97 Å². The van der Waals surface area contributed by atoms with Crippen molar-refractivity contribution in [2.75, 3.05) is 6.61 Å². The van der Waals surface area contributed by atoms with Crippen molar-refractivity contribution in [2.45, 2.75) is 116 Å². The third-order valence-corrected chi connectivity index (χ3v) is 4.65. The summed E-state index contributed by atoms with van der Waals surface area (Å²) in [4.78, 5) is 10.7. The molecule has 3 heteroatoms. The van der Waals surface area contributed by atoms with E-state index in [0.29, 0.717) is 0 Å². The number of aliphatic hydroxyl groups excluding tert-OH is 1. The van der Waals surface area contributed by atoms with Gasteiger partial charge in [0, 0.05) is 0 Å². The number of carbonyl (C=O) groups excluding carboxylic acids is 1. The molecule has 25 heavy (non-hydrogen) atoms. The molecule has 0 unspecified atom stereocenters. The largest absolute Gasteiger partial charge is 0.433 e. The van der Waals surface area contributed by atoms with Gasteiger partial charge in [0.25, 0.3) is 0 Å². The summed E-state index contributed by atoms with van der Waals surface area (Å²) >= 11 is 0. The molecule has 0 spiro atoms. The summed E-state index contributed by atoms with van der Waals surface area (Å²) in [7, 11) is 0. The lowest BCUT2D eigenvalue weighted by Crippen LogP contribution is -2.04. The molecule has 3 nitrogen and oxygen atoms in total. The van der Waals surface area contributed by atoms with E-state index < -0.39 is 12.6 Å². The van der Waals surface area contributed by atoms with E-state index in [0.717, 1.165) is 12.8 Å². The molecule has 0 rings (SSSR count). The van der Waals surface area contributed by atoms with E-state index in [-0.39, 0.29) is 0 Å². The average Bonchev–Trinajstić information content (AvgIpc) is 2.63. The molecule has 0 heterocycles. The fourth-order valence-corrected chi connectivity index (χ4v) is 3.04. The second-order valence-corrected chi connectivity index (χ2v) is 7.11. The molecule has 148 valence electrons. The number of rotatable bonds is 19. The molecule has 0 amide bonds. The van der Waals surface area contributed by atoms with E-state index in [1.807, 2.05) is 6.08 Å². The summed E-state index contributed by atoms with van der Waals surface area (Å²) < 4.78 is 4.65. The maximum Gasteiger partial charge on any atom is 0.336 e. The Morgan fingerprint density at radius 2 is 1.12 bits per heavy atom. The monoisotopic (exact) mass is 354 g/mol.